The zero-order chi connectivity index (χ0) is 19.2. The molecule has 3 fully saturated rings. The monoisotopic (exact) mass is 366 g/mol. The summed E-state index contributed by atoms with van der Waals surface area (Å²) < 4.78 is 12.2. The summed E-state index contributed by atoms with van der Waals surface area (Å²) in [5, 5.41) is 11.2. The number of ketones is 1. The maximum atomic E-state index is 12.3. The lowest BCUT2D eigenvalue weighted by Crippen LogP contribution is -2.57. The molecule has 0 spiro atoms. The second-order valence-electron chi connectivity index (χ2n) is 10.2. The maximum absolute atomic E-state index is 12.3. The molecule has 5 unspecified atom stereocenters. The van der Waals surface area contributed by atoms with Crippen LogP contribution in [0.5, 0.6) is 0 Å². The van der Waals surface area contributed by atoms with Gasteiger partial charge in [0, 0.05) is 24.2 Å². The molecule has 4 heteroatoms. The fourth-order valence-corrected chi connectivity index (χ4v) is 5.79. The van der Waals surface area contributed by atoms with Crippen molar-refractivity contribution in [2.75, 3.05) is 0 Å². The summed E-state index contributed by atoms with van der Waals surface area (Å²) in [6, 6.07) is 0. The lowest BCUT2D eigenvalue weighted by atomic mass is 9.59. The molecule has 1 N–H and O–H groups in total. The smallest absolute Gasteiger partial charge is 0.168 e. The number of hydrogen-bond acceptors (Lipinski definition) is 4. The molecular formula is C22H38O4. The van der Waals surface area contributed by atoms with Crippen molar-refractivity contribution < 1.29 is 19.4 Å². The fraction of sp³-hybridized carbons (Fsp3) is 0.955. The molecule has 2 saturated carbocycles. The van der Waals surface area contributed by atoms with Gasteiger partial charge in [-0.25, -0.2) is 0 Å². The van der Waals surface area contributed by atoms with E-state index in [-0.39, 0.29) is 29.1 Å². The highest BCUT2D eigenvalue weighted by Crippen LogP contribution is 2.58. The zero-order valence-corrected chi connectivity index (χ0v) is 17.3. The van der Waals surface area contributed by atoms with Crippen LogP contribution >= 0.6 is 0 Å². The second kappa shape index (κ2) is 7.18. The minimum absolute atomic E-state index is 0.101. The number of ether oxygens (including phenoxy) is 2. The van der Waals surface area contributed by atoms with Crippen LogP contribution in [0, 0.1) is 17.3 Å². The van der Waals surface area contributed by atoms with Gasteiger partial charge in [-0.15, -0.1) is 0 Å². The molecule has 0 aromatic heterocycles. The Kier molecular flexibility index (Phi) is 5.60. The van der Waals surface area contributed by atoms with Crippen molar-refractivity contribution in [2.45, 2.75) is 116 Å². The van der Waals surface area contributed by atoms with Gasteiger partial charge in [0.15, 0.2) is 5.79 Å². The average molecular weight is 367 g/mol. The topological polar surface area (TPSA) is 55.8 Å². The second-order valence-corrected chi connectivity index (χ2v) is 10.2. The number of carbonyl (C=O) groups excluding carboxylic acids is 1. The van der Waals surface area contributed by atoms with Crippen LogP contribution in [-0.4, -0.2) is 34.5 Å². The third-order valence-corrected chi connectivity index (χ3v) is 7.07. The van der Waals surface area contributed by atoms with E-state index in [0.29, 0.717) is 24.5 Å². The van der Waals surface area contributed by atoms with Crippen LogP contribution < -0.4 is 0 Å². The SMILES string of the molecule is CC(CCCC1CCC2C3CCC(=O)[C@@]3(C)CCC2(O)O1)OC(C)(C)C. The largest absolute Gasteiger partial charge is 0.373 e. The molecule has 0 aromatic carbocycles. The van der Waals surface area contributed by atoms with Crippen molar-refractivity contribution in [3.05, 3.63) is 0 Å². The molecule has 0 radical (unpaired) electrons. The summed E-state index contributed by atoms with van der Waals surface area (Å²) in [4.78, 5) is 12.3. The van der Waals surface area contributed by atoms with Crippen molar-refractivity contribution in [3.63, 3.8) is 0 Å². The third kappa shape index (κ3) is 4.02. The Morgan fingerprint density at radius 2 is 1.96 bits per heavy atom. The van der Waals surface area contributed by atoms with Crippen LogP contribution in [0.25, 0.3) is 0 Å². The Bertz CT molecular complexity index is 525. The fourth-order valence-electron chi connectivity index (χ4n) is 5.79. The van der Waals surface area contributed by atoms with Crippen LogP contribution in [-0.2, 0) is 14.3 Å². The normalized spacial score (nSPS) is 41.6. The molecule has 6 atom stereocenters. The summed E-state index contributed by atoms with van der Waals surface area (Å²) in [6.45, 7) is 10.5. The number of hydrogen-bond donors (Lipinski definition) is 1. The highest BCUT2D eigenvalue weighted by atomic mass is 16.6. The van der Waals surface area contributed by atoms with E-state index in [9.17, 15) is 9.90 Å². The van der Waals surface area contributed by atoms with Gasteiger partial charge in [0.2, 0.25) is 0 Å². The van der Waals surface area contributed by atoms with Crippen LogP contribution in [0.3, 0.4) is 0 Å². The highest BCUT2D eigenvalue weighted by Gasteiger charge is 2.60. The minimum Gasteiger partial charge on any atom is -0.373 e. The molecule has 0 bridgehead atoms. The first-order chi connectivity index (χ1) is 12.0. The lowest BCUT2D eigenvalue weighted by Gasteiger charge is -2.53. The summed E-state index contributed by atoms with van der Waals surface area (Å²) in [5.41, 5.74) is -0.316. The van der Waals surface area contributed by atoms with Gasteiger partial charge in [-0.3, -0.25) is 4.79 Å². The summed E-state index contributed by atoms with van der Waals surface area (Å²) in [5.74, 6) is -0.174. The lowest BCUT2D eigenvalue weighted by molar-refractivity contribution is -0.315. The molecule has 150 valence electrons. The molecule has 1 heterocycles. The first kappa shape index (κ1) is 20.3. The minimum atomic E-state index is -1.01. The zero-order valence-electron chi connectivity index (χ0n) is 17.3. The van der Waals surface area contributed by atoms with Crippen LogP contribution in [0.2, 0.25) is 0 Å². The van der Waals surface area contributed by atoms with Gasteiger partial charge in [-0.05, 0) is 78.6 Å². The van der Waals surface area contributed by atoms with E-state index in [4.69, 9.17) is 9.47 Å². The van der Waals surface area contributed by atoms with Crippen molar-refractivity contribution in [2.24, 2.45) is 17.3 Å². The molecule has 3 rings (SSSR count). The molecule has 4 nitrogen and oxygen atoms in total. The number of Topliss-reactive ketones (excluding diaryl/α,β-unsaturated/α-hetero) is 1. The van der Waals surface area contributed by atoms with Crippen molar-refractivity contribution >= 4 is 5.78 Å². The standard InChI is InChI=1S/C22H38O4/c1-15(25-20(2,3)4)7-6-8-16-9-10-18-17-11-12-19(23)21(17,5)13-14-22(18,24)26-16/h15-18,24H,6-14H2,1-5H3/t15?,16?,17?,18?,21-,22?/m0/s1. The molecule has 26 heavy (non-hydrogen) atoms. The van der Waals surface area contributed by atoms with E-state index in [2.05, 4.69) is 34.6 Å². The van der Waals surface area contributed by atoms with Gasteiger partial charge < -0.3 is 14.6 Å². The van der Waals surface area contributed by atoms with Gasteiger partial charge in [0.05, 0.1) is 17.8 Å². The average Bonchev–Trinajstić information content (AvgIpc) is 2.81. The Labute approximate surface area is 159 Å². The summed E-state index contributed by atoms with van der Waals surface area (Å²) >= 11 is 0. The first-order valence-corrected chi connectivity index (χ1v) is 10.6. The van der Waals surface area contributed by atoms with Gasteiger partial charge in [-0.1, -0.05) is 6.92 Å². The number of rotatable bonds is 5. The van der Waals surface area contributed by atoms with Crippen molar-refractivity contribution in [3.8, 4) is 0 Å². The quantitative estimate of drug-likeness (QED) is 0.771. The Morgan fingerprint density at radius 3 is 2.65 bits per heavy atom. The van der Waals surface area contributed by atoms with Gasteiger partial charge in [0.1, 0.15) is 5.78 Å². The Morgan fingerprint density at radius 1 is 1.23 bits per heavy atom. The van der Waals surface area contributed by atoms with Crippen LogP contribution in [0.1, 0.15) is 92.4 Å². The van der Waals surface area contributed by atoms with Crippen LogP contribution in [0.4, 0.5) is 0 Å². The predicted octanol–water partition coefficient (Wildman–Crippen LogP) is 4.62. The molecule has 0 aromatic rings. The number of carbonyl (C=O) groups is 1. The van der Waals surface area contributed by atoms with E-state index < -0.39 is 5.79 Å². The highest BCUT2D eigenvalue weighted by molar-refractivity contribution is 5.87. The van der Waals surface area contributed by atoms with Gasteiger partial charge >= 0.3 is 0 Å². The molecule has 2 aliphatic carbocycles. The van der Waals surface area contributed by atoms with Crippen molar-refractivity contribution in [1.82, 2.24) is 0 Å². The molecule has 1 aliphatic heterocycles. The van der Waals surface area contributed by atoms with E-state index in [1.165, 1.54) is 0 Å². The molecular weight excluding hydrogens is 328 g/mol. The molecule has 0 amide bonds. The number of fused-ring (bicyclic) bond motifs is 3. The van der Waals surface area contributed by atoms with Crippen LogP contribution in [0.15, 0.2) is 0 Å². The number of aliphatic hydroxyl groups is 1. The van der Waals surface area contributed by atoms with Gasteiger partial charge in [0.25, 0.3) is 0 Å². The first-order valence-electron chi connectivity index (χ1n) is 10.6. The van der Waals surface area contributed by atoms with E-state index in [1.54, 1.807) is 0 Å². The summed E-state index contributed by atoms with van der Waals surface area (Å²) in [7, 11) is 0. The predicted molar refractivity (Wildman–Crippen MR) is 102 cm³/mol. The Balaban J connectivity index is 1.51. The van der Waals surface area contributed by atoms with Gasteiger partial charge in [-0.2, -0.15) is 0 Å². The Hall–Kier alpha value is -0.450. The molecule has 3 aliphatic rings. The van der Waals surface area contributed by atoms with E-state index >= 15 is 0 Å². The van der Waals surface area contributed by atoms with E-state index in [0.717, 1.165) is 44.9 Å². The maximum Gasteiger partial charge on any atom is 0.168 e. The summed E-state index contributed by atoms with van der Waals surface area (Å²) in [6.07, 6.45) is 8.42. The molecule has 1 saturated heterocycles. The third-order valence-electron chi connectivity index (χ3n) is 7.07. The van der Waals surface area contributed by atoms with E-state index in [1.807, 2.05) is 0 Å². The van der Waals surface area contributed by atoms with Crippen molar-refractivity contribution in [1.29, 1.82) is 0 Å².